The molecule has 10 heteroatoms. The molecule has 210 valence electrons. The summed E-state index contributed by atoms with van der Waals surface area (Å²) in [7, 11) is 3.53. The molecule has 1 amide bonds. The van der Waals surface area contributed by atoms with Gasteiger partial charge in [-0.05, 0) is 80.6 Å². The normalized spacial score (nSPS) is 14.2. The van der Waals surface area contributed by atoms with E-state index in [2.05, 4.69) is 41.6 Å². The number of fused-ring (bicyclic) bond motifs is 2. The summed E-state index contributed by atoms with van der Waals surface area (Å²) in [5, 5.41) is 12.3. The van der Waals surface area contributed by atoms with Crippen molar-refractivity contribution in [3.63, 3.8) is 0 Å². The topological polar surface area (TPSA) is 106 Å². The lowest BCUT2D eigenvalue weighted by atomic mass is 9.83. The summed E-state index contributed by atoms with van der Waals surface area (Å²) in [5.74, 6) is 2.05. The van der Waals surface area contributed by atoms with E-state index in [-0.39, 0.29) is 5.91 Å². The van der Waals surface area contributed by atoms with Crippen LogP contribution >= 0.6 is 0 Å². The standard InChI is InChI=1S/C30H37N7O3/c1-18-14-23(40-13-12-39-7)15-19(2)26(18)33-27-24-17-31-29(34-28(24)36(6)35-27)32-22-9-8-21-10-11-37(20(3)38)30(4,5)25(21)16-22/h8-9,14-17H,10-13H2,1-7H3,(H,33,35)(H,31,32,34). The van der Waals surface area contributed by atoms with Crippen molar-refractivity contribution < 1.29 is 14.3 Å². The molecule has 0 bridgehead atoms. The summed E-state index contributed by atoms with van der Waals surface area (Å²) in [4.78, 5) is 23.5. The Balaban J connectivity index is 1.39. The number of amides is 1. The maximum atomic E-state index is 12.2. The van der Waals surface area contributed by atoms with Crippen LogP contribution in [0.4, 0.5) is 23.1 Å². The van der Waals surface area contributed by atoms with Gasteiger partial charge in [-0.3, -0.25) is 4.79 Å². The van der Waals surface area contributed by atoms with Gasteiger partial charge in [-0.25, -0.2) is 9.67 Å². The second-order valence-corrected chi connectivity index (χ2v) is 10.8. The van der Waals surface area contributed by atoms with Crippen molar-refractivity contribution in [2.24, 2.45) is 7.05 Å². The van der Waals surface area contributed by atoms with Crippen LogP contribution < -0.4 is 15.4 Å². The zero-order chi connectivity index (χ0) is 28.6. The number of hydrogen-bond acceptors (Lipinski definition) is 8. The molecule has 10 nitrogen and oxygen atoms in total. The van der Waals surface area contributed by atoms with Gasteiger partial charge in [0.15, 0.2) is 11.5 Å². The van der Waals surface area contributed by atoms with Gasteiger partial charge in [0.05, 0.1) is 17.5 Å². The van der Waals surface area contributed by atoms with Gasteiger partial charge in [0.2, 0.25) is 11.9 Å². The Labute approximate surface area is 234 Å². The first-order chi connectivity index (χ1) is 19.1. The van der Waals surface area contributed by atoms with Gasteiger partial charge >= 0.3 is 0 Å². The third kappa shape index (κ3) is 5.19. The first-order valence-corrected chi connectivity index (χ1v) is 13.5. The van der Waals surface area contributed by atoms with E-state index >= 15 is 0 Å². The van der Waals surface area contributed by atoms with Gasteiger partial charge in [0, 0.05) is 45.2 Å². The van der Waals surface area contributed by atoms with Crippen LogP contribution in [0, 0.1) is 13.8 Å². The molecule has 4 aromatic rings. The fourth-order valence-electron chi connectivity index (χ4n) is 5.53. The number of methoxy groups -OCH3 is 1. The number of aryl methyl sites for hydroxylation is 3. The second kappa shape index (κ2) is 10.8. The number of nitrogens with one attached hydrogen (secondary N) is 2. The van der Waals surface area contributed by atoms with E-state index in [0.29, 0.717) is 30.6 Å². The molecule has 0 unspecified atom stereocenters. The first-order valence-electron chi connectivity index (χ1n) is 13.5. The van der Waals surface area contributed by atoms with E-state index in [4.69, 9.17) is 19.6 Å². The lowest BCUT2D eigenvalue weighted by Gasteiger charge is -2.43. The van der Waals surface area contributed by atoms with E-state index < -0.39 is 5.54 Å². The average molecular weight is 544 g/mol. The highest BCUT2D eigenvalue weighted by atomic mass is 16.5. The van der Waals surface area contributed by atoms with E-state index in [1.165, 1.54) is 5.56 Å². The van der Waals surface area contributed by atoms with E-state index in [1.54, 1.807) is 24.9 Å². The average Bonchev–Trinajstić information content (AvgIpc) is 3.21. The number of nitrogens with zero attached hydrogens (tertiary/aromatic N) is 5. The molecule has 0 fully saturated rings. The molecule has 0 radical (unpaired) electrons. The Morgan fingerprint density at radius 3 is 2.55 bits per heavy atom. The highest BCUT2D eigenvalue weighted by Crippen LogP contribution is 2.37. The monoisotopic (exact) mass is 543 g/mol. The number of ether oxygens (including phenoxy) is 2. The van der Waals surface area contributed by atoms with Crippen molar-refractivity contribution in [1.29, 1.82) is 0 Å². The summed E-state index contributed by atoms with van der Waals surface area (Å²) < 4.78 is 12.6. The summed E-state index contributed by atoms with van der Waals surface area (Å²) in [5.41, 5.74) is 6.63. The molecule has 3 heterocycles. The van der Waals surface area contributed by atoms with E-state index in [1.807, 2.05) is 44.0 Å². The summed E-state index contributed by atoms with van der Waals surface area (Å²) in [6, 6.07) is 10.3. The predicted molar refractivity (Wildman–Crippen MR) is 157 cm³/mol. The molecule has 1 aliphatic rings. The second-order valence-electron chi connectivity index (χ2n) is 10.8. The van der Waals surface area contributed by atoms with Crippen LogP contribution in [0.25, 0.3) is 11.0 Å². The number of hydrogen-bond donors (Lipinski definition) is 2. The highest BCUT2D eigenvalue weighted by molar-refractivity contribution is 5.90. The molecule has 0 saturated heterocycles. The summed E-state index contributed by atoms with van der Waals surface area (Å²) in [6.45, 7) is 11.7. The fourth-order valence-corrected chi connectivity index (χ4v) is 5.53. The van der Waals surface area contributed by atoms with Crippen LogP contribution in [0.1, 0.15) is 43.0 Å². The lowest BCUT2D eigenvalue weighted by Crippen LogP contribution is -2.49. The molecular formula is C30H37N7O3. The summed E-state index contributed by atoms with van der Waals surface area (Å²) in [6.07, 6.45) is 2.63. The van der Waals surface area contributed by atoms with Crippen LogP contribution in [-0.4, -0.2) is 57.4 Å². The van der Waals surface area contributed by atoms with Crippen molar-refractivity contribution in [3.8, 4) is 5.75 Å². The smallest absolute Gasteiger partial charge is 0.229 e. The molecule has 2 aromatic heterocycles. The molecule has 40 heavy (non-hydrogen) atoms. The Hall–Kier alpha value is -4.18. The van der Waals surface area contributed by atoms with Crippen LogP contribution in [0.3, 0.4) is 0 Å². The highest BCUT2D eigenvalue weighted by Gasteiger charge is 2.36. The molecule has 2 N–H and O–H groups in total. The molecule has 1 aliphatic heterocycles. The lowest BCUT2D eigenvalue weighted by molar-refractivity contribution is -0.135. The number of aromatic nitrogens is 4. The van der Waals surface area contributed by atoms with E-state index in [9.17, 15) is 4.79 Å². The van der Waals surface area contributed by atoms with Crippen molar-refractivity contribution in [2.45, 2.75) is 46.6 Å². The van der Waals surface area contributed by atoms with E-state index in [0.717, 1.165) is 52.2 Å². The largest absolute Gasteiger partial charge is 0.491 e. The molecule has 0 atom stereocenters. The third-order valence-corrected chi connectivity index (χ3v) is 7.57. The van der Waals surface area contributed by atoms with Crippen LogP contribution in [0.15, 0.2) is 36.5 Å². The number of carbonyl (C=O) groups is 1. The summed E-state index contributed by atoms with van der Waals surface area (Å²) >= 11 is 0. The van der Waals surface area contributed by atoms with Gasteiger partial charge in [0.1, 0.15) is 12.4 Å². The number of rotatable bonds is 8. The Bertz CT molecular complexity index is 1550. The number of benzene rings is 2. The van der Waals surface area contributed by atoms with Crippen LogP contribution in [0.2, 0.25) is 0 Å². The SMILES string of the molecule is COCCOc1cc(C)c(Nc2nn(C)c3nc(Nc4ccc5c(c4)C(C)(C)N(C(C)=O)CC5)ncc23)c(C)c1. The molecule has 2 aromatic carbocycles. The first kappa shape index (κ1) is 27.4. The maximum absolute atomic E-state index is 12.2. The van der Waals surface area contributed by atoms with Gasteiger partial charge in [-0.1, -0.05) is 6.07 Å². The Morgan fingerprint density at radius 1 is 1.10 bits per heavy atom. The van der Waals surface area contributed by atoms with Crippen LogP contribution in [0.5, 0.6) is 5.75 Å². The van der Waals surface area contributed by atoms with Crippen molar-refractivity contribution >= 4 is 40.1 Å². The minimum atomic E-state index is -0.394. The fraction of sp³-hybridized carbons (Fsp3) is 0.400. The predicted octanol–water partition coefficient (Wildman–Crippen LogP) is 5.13. The molecule has 0 saturated carbocycles. The van der Waals surface area contributed by atoms with Crippen molar-refractivity contribution in [2.75, 3.05) is 37.5 Å². The van der Waals surface area contributed by atoms with Gasteiger partial charge in [-0.2, -0.15) is 10.1 Å². The molecule has 0 spiro atoms. The zero-order valence-corrected chi connectivity index (χ0v) is 24.3. The maximum Gasteiger partial charge on any atom is 0.229 e. The Kier molecular flexibility index (Phi) is 7.37. The van der Waals surface area contributed by atoms with Crippen LogP contribution in [-0.2, 0) is 28.5 Å². The zero-order valence-electron chi connectivity index (χ0n) is 24.3. The van der Waals surface area contributed by atoms with Crippen molar-refractivity contribution in [3.05, 3.63) is 58.8 Å². The third-order valence-electron chi connectivity index (χ3n) is 7.57. The van der Waals surface area contributed by atoms with Gasteiger partial charge in [-0.15, -0.1) is 0 Å². The quantitative estimate of drug-likeness (QED) is 0.295. The van der Waals surface area contributed by atoms with Gasteiger partial charge in [0.25, 0.3) is 0 Å². The molecule has 0 aliphatic carbocycles. The number of anilines is 4. The number of carbonyl (C=O) groups excluding carboxylic acids is 1. The molecular weight excluding hydrogens is 506 g/mol. The minimum absolute atomic E-state index is 0.0835. The van der Waals surface area contributed by atoms with Crippen molar-refractivity contribution in [1.82, 2.24) is 24.6 Å². The minimum Gasteiger partial charge on any atom is -0.491 e. The Morgan fingerprint density at radius 2 is 1.85 bits per heavy atom. The van der Waals surface area contributed by atoms with Gasteiger partial charge < -0.3 is 25.0 Å². The molecule has 5 rings (SSSR count).